The van der Waals surface area contributed by atoms with E-state index in [1.807, 2.05) is 5.32 Å². The van der Waals surface area contributed by atoms with E-state index in [1.165, 1.54) is 18.2 Å². The highest BCUT2D eigenvalue weighted by atomic mass is 19.1. The van der Waals surface area contributed by atoms with Crippen LogP contribution >= 0.6 is 0 Å². The van der Waals surface area contributed by atoms with Gasteiger partial charge in [-0.05, 0) is 6.07 Å². The maximum atomic E-state index is 13.5. The zero-order valence-corrected chi connectivity index (χ0v) is 10.2. The van der Waals surface area contributed by atoms with Gasteiger partial charge in [-0.1, -0.05) is 6.07 Å². The van der Waals surface area contributed by atoms with E-state index < -0.39 is 39.4 Å². The number of nitro benzene ring substituents is 1. The molecular formula is C12H7F2N3O4. The lowest BCUT2D eigenvalue weighted by molar-refractivity contribution is -0.387. The van der Waals surface area contributed by atoms with Crippen LogP contribution in [0, 0.1) is 21.7 Å². The summed E-state index contributed by atoms with van der Waals surface area (Å²) < 4.78 is 26.7. The quantitative estimate of drug-likeness (QED) is 0.665. The van der Waals surface area contributed by atoms with Gasteiger partial charge in [0.25, 0.3) is 5.91 Å². The van der Waals surface area contributed by atoms with Crippen LogP contribution in [0.4, 0.5) is 20.2 Å². The molecule has 0 spiro atoms. The Labute approximate surface area is 115 Å². The average Bonchev–Trinajstić information content (AvgIpc) is 2.41. The molecule has 21 heavy (non-hydrogen) atoms. The lowest BCUT2D eigenvalue weighted by Crippen LogP contribution is -2.18. The predicted octanol–water partition coefficient (Wildman–Crippen LogP) is 1.81. The minimum Gasteiger partial charge on any atom is -0.318 e. The number of anilines is 1. The van der Waals surface area contributed by atoms with Gasteiger partial charge in [-0.3, -0.25) is 19.7 Å². The maximum absolute atomic E-state index is 13.5. The second-order valence-corrected chi connectivity index (χ2v) is 3.92. The van der Waals surface area contributed by atoms with Crippen LogP contribution in [0.3, 0.4) is 0 Å². The third-order valence-corrected chi connectivity index (χ3v) is 2.49. The van der Waals surface area contributed by atoms with E-state index in [0.29, 0.717) is 12.1 Å². The zero-order chi connectivity index (χ0) is 15.6. The van der Waals surface area contributed by atoms with Crippen molar-refractivity contribution in [2.75, 3.05) is 5.32 Å². The molecule has 0 aliphatic carbocycles. The van der Waals surface area contributed by atoms with Gasteiger partial charge in [-0.2, -0.15) is 4.39 Å². The molecule has 0 bridgehead atoms. The monoisotopic (exact) mass is 295 g/mol. The molecule has 0 radical (unpaired) electrons. The number of amides is 1. The standard InChI is InChI=1S/C12H7F2N3O4/c13-6-4-7(14)10(17(20)21)5-9(6)16-12(19)8-2-1-3-11(18)15-8/h1-5H,(H,15,18)(H,16,19). The minimum absolute atomic E-state index is 0.172. The summed E-state index contributed by atoms with van der Waals surface area (Å²) in [6, 6.07) is 4.58. The highest BCUT2D eigenvalue weighted by Gasteiger charge is 2.20. The normalized spacial score (nSPS) is 10.2. The van der Waals surface area contributed by atoms with Crippen molar-refractivity contribution in [1.29, 1.82) is 0 Å². The number of carbonyl (C=O) groups excluding carboxylic acids is 1. The Morgan fingerprint density at radius 2 is 1.95 bits per heavy atom. The van der Waals surface area contributed by atoms with Gasteiger partial charge in [0.2, 0.25) is 11.4 Å². The van der Waals surface area contributed by atoms with Crippen molar-refractivity contribution in [1.82, 2.24) is 4.98 Å². The number of rotatable bonds is 3. The number of H-pyrrole nitrogens is 1. The fraction of sp³-hybridized carbons (Fsp3) is 0. The smallest absolute Gasteiger partial charge is 0.307 e. The molecule has 0 unspecified atom stereocenters. The number of pyridine rings is 1. The van der Waals surface area contributed by atoms with Crippen molar-refractivity contribution in [2.45, 2.75) is 0 Å². The Hall–Kier alpha value is -3.10. The topological polar surface area (TPSA) is 105 Å². The average molecular weight is 295 g/mol. The molecular weight excluding hydrogens is 288 g/mol. The summed E-state index contributed by atoms with van der Waals surface area (Å²) in [5.74, 6) is -3.43. The molecule has 0 aliphatic rings. The van der Waals surface area contributed by atoms with Gasteiger partial charge in [0, 0.05) is 18.2 Å². The molecule has 0 saturated carbocycles. The fourth-order valence-electron chi connectivity index (χ4n) is 1.54. The number of benzene rings is 1. The number of hydrogen-bond acceptors (Lipinski definition) is 4. The molecule has 108 valence electrons. The van der Waals surface area contributed by atoms with E-state index in [9.17, 15) is 28.5 Å². The van der Waals surface area contributed by atoms with Gasteiger partial charge in [-0.25, -0.2) is 4.39 Å². The van der Waals surface area contributed by atoms with Gasteiger partial charge in [0.15, 0.2) is 0 Å². The summed E-state index contributed by atoms with van der Waals surface area (Å²) in [6.07, 6.45) is 0. The summed E-state index contributed by atoms with van der Waals surface area (Å²) in [4.78, 5) is 34.5. The molecule has 1 amide bonds. The largest absolute Gasteiger partial charge is 0.318 e. The molecule has 2 rings (SSSR count). The van der Waals surface area contributed by atoms with Crippen LogP contribution in [0.2, 0.25) is 0 Å². The Bertz CT molecular complexity index is 788. The van der Waals surface area contributed by atoms with Crippen molar-refractivity contribution < 1.29 is 18.5 Å². The van der Waals surface area contributed by atoms with E-state index in [0.717, 1.165) is 0 Å². The SMILES string of the molecule is O=C(Nc1cc([N+](=O)[O-])c(F)cc1F)c1cccc(=O)[nH]1. The highest BCUT2D eigenvalue weighted by Crippen LogP contribution is 2.25. The number of nitrogens with zero attached hydrogens (tertiary/aromatic N) is 1. The van der Waals surface area contributed by atoms with Gasteiger partial charge in [-0.15, -0.1) is 0 Å². The third kappa shape index (κ3) is 3.08. The second-order valence-electron chi connectivity index (χ2n) is 3.92. The van der Waals surface area contributed by atoms with Crippen molar-refractivity contribution in [3.05, 3.63) is 68.1 Å². The first-order chi connectivity index (χ1) is 9.88. The van der Waals surface area contributed by atoms with Crippen LogP contribution in [0.15, 0.2) is 35.1 Å². The fourth-order valence-corrected chi connectivity index (χ4v) is 1.54. The molecule has 2 N–H and O–H groups in total. The van der Waals surface area contributed by atoms with Crippen LogP contribution < -0.4 is 10.9 Å². The zero-order valence-electron chi connectivity index (χ0n) is 10.2. The van der Waals surface area contributed by atoms with Crippen molar-refractivity contribution >= 4 is 17.3 Å². The second kappa shape index (κ2) is 5.49. The van der Waals surface area contributed by atoms with Gasteiger partial charge < -0.3 is 10.3 Å². The van der Waals surface area contributed by atoms with Crippen molar-refractivity contribution in [2.24, 2.45) is 0 Å². The Morgan fingerprint density at radius 3 is 2.57 bits per heavy atom. The van der Waals surface area contributed by atoms with E-state index in [2.05, 4.69) is 4.98 Å². The molecule has 7 nitrogen and oxygen atoms in total. The number of hydrogen-bond donors (Lipinski definition) is 2. The van der Waals surface area contributed by atoms with Gasteiger partial charge in [0.1, 0.15) is 11.5 Å². The molecule has 0 saturated heterocycles. The number of carbonyl (C=O) groups is 1. The van der Waals surface area contributed by atoms with E-state index in [1.54, 1.807) is 0 Å². The lowest BCUT2D eigenvalue weighted by Gasteiger charge is -2.06. The molecule has 0 fully saturated rings. The third-order valence-electron chi connectivity index (χ3n) is 2.49. The van der Waals surface area contributed by atoms with E-state index in [-0.39, 0.29) is 5.69 Å². The predicted molar refractivity (Wildman–Crippen MR) is 68.0 cm³/mol. The Balaban J connectivity index is 2.35. The molecule has 1 heterocycles. The minimum atomic E-state index is -1.36. The molecule has 2 aromatic rings. The van der Waals surface area contributed by atoms with Crippen LogP contribution in [-0.2, 0) is 0 Å². The van der Waals surface area contributed by atoms with E-state index >= 15 is 0 Å². The number of nitro groups is 1. The first-order valence-electron chi connectivity index (χ1n) is 5.52. The summed E-state index contributed by atoms with van der Waals surface area (Å²) in [5, 5.41) is 12.6. The van der Waals surface area contributed by atoms with Crippen LogP contribution in [0.1, 0.15) is 10.5 Å². The maximum Gasteiger partial charge on any atom is 0.307 e. The summed E-state index contributed by atoms with van der Waals surface area (Å²) in [5.41, 5.74) is -2.27. The number of aromatic amines is 1. The van der Waals surface area contributed by atoms with Gasteiger partial charge in [0.05, 0.1) is 10.6 Å². The number of aromatic nitrogens is 1. The molecule has 9 heteroatoms. The Kier molecular flexibility index (Phi) is 3.74. The first kappa shape index (κ1) is 14.3. The summed E-state index contributed by atoms with van der Waals surface area (Å²) in [6.45, 7) is 0. The van der Waals surface area contributed by atoms with Crippen LogP contribution in [0.25, 0.3) is 0 Å². The summed E-state index contributed by atoms with van der Waals surface area (Å²) >= 11 is 0. The molecule has 0 aliphatic heterocycles. The molecule has 1 aromatic carbocycles. The number of halogens is 2. The first-order valence-corrected chi connectivity index (χ1v) is 5.52. The molecule has 1 aromatic heterocycles. The van der Waals surface area contributed by atoms with Crippen molar-refractivity contribution in [3.8, 4) is 0 Å². The summed E-state index contributed by atoms with van der Waals surface area (Å²) in [7, 11) is 0. The highest BCUT2D eigenvalue weighted by molar-refractivity contribution is 6.03. The van der Waals surface area contributed by atoms with Gasteiger partial charge >= 0.3 is 5.69 Å². The Morgan fingerprint density at radius 1 is 1.24 bits per heavy atom. The number of nitrogens with one attached hydrogen (secondary N) is 2. The van der Waals surface area contributed by atoms with Crippen LogP contribution in [-0.4, -0.2) is 15.8 Å². The lowest BCUT2D eigenvalue weighted by atomic mass is 10.2. The van der Waals surface area contributed by atoms with Crippen LogP contribution in [0.5, 0.6) is 0 Å². The molecule has 0 atom stereocenters. The van der Waals surface area contributed by atoms with Crippen molar-refractivity contribution in [3.63, 3.8) is 0 Å². The van der Waals surface area contributed by atoms with E-state index in [4.69, 9.17) is 0 Å².